The van der Waals surface area contributed by atoms with Gasteiger partial charge in [-0.25, -0.2) is 9.97 Å². The normalized spacial score (nSPS) is 14.4. The summed E-state index contributed by atoms with van der Waals surface area (Å²) in [5, 5.41) is 15.5. The Balaban J connectivity index is 2.91. The van der Waals surface area contributed by atoms with Crippen LogP contribution in [0.5, 0.6) is 0 Å². The molecular weight excluding hydrogens is 228 g/mol. The van der Waals surface area contributed by atoms with Gasteiger partial charge in [-0.05, 0) is 12.8 Å². The van der Waals surface area contributed by atoms with Crippen LogP contribution in [0.1, 0.15) is 39.4 Å². The molecule has 0 saturated carbocycles. The Kier molecular flexibility index (Phi) is 5.34. The van der Waals surface area contributed by atoms with Gasteiger partial charge in [-0.1, -0.05) is 20.8 Å². The average Bonchev–Trinajstić information content (AvgIpc) is 2.36. The molecule has 5 nitrogen and oxygen atoms in total. The van der Waals surface area contributed by atoms with Crippen LogP contribution in [0.2, 0.25) is 0 Å². The quantitative estimate of drug-likeness (QED) is 0.723. The van der Waals surface area contributed by atoms with Crippen molar-refractivity contribution in [2.45, 2.75) is 39.7 Å². The molecule has 0 amide bonds. The Labute approximate surface area is 109 Å². The lowest BCUT2D eigenvalue weighted by Crippen LogP contribution is -2.27. The SMILES string of the molecule is CNc1cc(NC(C)C(C)CO)nc(C(C)C)n1. The second kappa shape index (κ2) is 6.54. The van der Waals surface area contributed by atoms with Crippen LogP contribution in [0.15, 0.2) is 6.07 Å². The molecule has 2 atom stereocenters. The van der Waals surface area contributed by atoms with Crippen LogP contribution in [0.4, 0.5) is 11.6 Å². The Morgan fingerprint density at radius 3 is 2.28 bits per heavy atom. The van der Waals surface area contributed by atoms with Crippen LogP contribution >= 0.6 is 0 Å². The summed E-state index contributed by atoms with van der Waals surface area (Å²) >= 11 is 0. The predicted octanol–water partition coefficient (Wildman–Crippen LogP) is 2.07. The molecule has 0 aliphatic rings. The molecule has 18 heavy (non-hydrogen) atoms. The zero-order valence-corrected chi connectivity index (χ0v) is 11.9. The topological polar surface area (TPSA) is 70.1 Å². The largest absolute Gasteiger partial charge is 0.396 e. The predicted molar refractivity (Wildman–Crippen MR) is 75.0 cm³/mol. The highest BCUT2D eigenvalue weighted by Crippen LogP contribution is 2.18. The number of rotatable bonds is 6. The maximum atomic E-state index is 9.14. The van der Waals surface area contributed by atoms with Crippen LogP contribution in [-0.2, 0) is 0 Å². The van der Waals surface area contributed by atoms with Crippen LogP contribution in [0, 0.1) is 5.92 Å². The number of nitrogens with one attached hydrogen (secondary N) is 2. The molecule has 0 spiro atoms. The fourth-order valence-corrected chi connectivity index (χ4v) is 1.46. The first-order valence-electron chi connectivity index (χ1n) is 6.42. The highest BCUT2D eigenvalue weighted by Gasteiger charge is 2.13. The summed E-state index contributed by atoms with van der Waals surface area (Å²) in [6.45, 7) is 8.34. The summed E-state index contributed by atoms with van der Waals surface area (Å²) in [6, 6.07) is 2.04. The van der Waals surface area contributed by atoms with E-state index in [1.54, 1.807) is 0 Å². The molecule has 0 aromatic carbocycles. The van der Waals surface area contributed by atoms with E-state index in [-0.39, 0.29) is 24.5 Å². The molecule has 0 fully saturated rings. The fraction of sp³-hybridized carbons (Fsp3) is 0.692. The lowest BCUT2D eigenvalue weighted by molar-refractivity contribution is 0.226. The minimum Gasteiger partial charge on any atom is -0.396 e. The van der Waals surface area contributed by atoms with E-state index in [4.69, 9.17) is 5.11 Å². The van der Waals surface area contributed by atoms with Crippen LogP contribution in [0.3, 0.4) is 0 Å². The first kappa shape index (κ1) is 14.7. The van der Waals surface area contributed by atoms with Crippen LogP contribution in [-0.4, -0.2) is 34.8 Å². The first-order chi connectivity index (χ1) is 8.47. The van der Waals surface area contributed by atoms with E-state index < -0.39 is 0 Å². The Morgan fingerprint density at radius 2 is 1.78 bits per heavy atom. The van der Waals surface area contributed by atoms with Crippen molar-refractivity contribution < 1.29 is 5.11 Å². The summed E-state index contributed by atoms with van der Waals surface area (Å²) in [5.74, 6) is 2.88. The summed E-state index contributed by atoms with van der Waals surface area (Å²) in [6.07, 6.45) is 0. The van der Waals surface area contributed by atoms with Crippen LogP contribution < -0.4 is 10.6 Å². The maximum Gasteiger partial charge on any atom is 0.135 e. The molecule has 1 heterocycles. The Bertz CT molecular complexity index is 381. The van der Waals surface area contributed by atoms with Crippen molar-refractivity contribution in [2.24, 2.45) is 5.92 Å². The molecule has 2 unspecified atom stereocenters. The lowest BCUT2D eigenvalue weighted by atomic mass is 10.1. The van der Waals surface area contributed by atoms with Crippen molar-refractivity contribution in [3.63, 3.8) is 0 Å². The number of nitrogens with zero attached hydrogens (tertiary/aromatic N) is 2. The number of aliphatic hydroxyl groups is 1. The molecule has 0 saturated heterocycles. The zero-order valence-electron chi connectivity index (χ0n) is 11.9. The maximum absolute atomic E-state index is 9.14. The van der Waals surface area contributed by atoms with Gasteiger partial charge in [0.05, 0.1) is 0 Å². The molecule has 5 heteroatoms. The summed E-state index contributed by atoms with van der Waals surface area (Å²) in [7, 11) is 1.84. The van der Waals surface area contributed by atoms with Gasteiger partial charge in [0.2, 0.25) is 0 Å². The molecule has 0 radical (unpaired) electrons. The molecule has 0 aliphatic heterocycles. The molecule has 1 aromatic heterocycles. The van der Waals surface area contributed by atoms with Gasteiger partial charge >= 0.3 is 0 Å². The van der Waals surface area contributed by atoms with Crippen molar-refractivity contribution in [1.82, 2.24) is 9.97 Å². The van der Waals surface area contributed by atoms with Gasteiger partial charge < -0.3 is 15.7 Å². The highest BCUT2D eigenvalue weighted by molar-refractivity contribution is 5.48. The first-order valence-corrected chi connectivity index (χ1v) is 6.42. The van der Waals surface area contributed by atoms with Crippen molar-refractivity contribution in [3.05, 3.63) is 11.9 Å². The lowest BCUT2D eigenvalue weighted by Gasteiger charge is -2.20. The third-order valence-corrected chi connectivity index (χ3v) is 3.03. The van der Waals surface area contributed by atoms with Gasteiger partial charge in [0.25, 0.3) is 0 Å². The van der Waals surface area contributed by atoms with Gasteiger partial charge in [0.15, 0.2) is 0 Å². The van der Waals surface area contributed by atoms with Gasteiger partial charge in [0, 0.05) is 31.7 Å². The fourth-order valence-electron chi connectivity index (χ4n) is 1.46. The minimum atomic E-state index is 0.162. The Hall–Kier alpha value is -1.36. The molecule has 0 aliphatic carbocycles. The van der Waals surface area contributed by atoms with Gasteiger partial charge in [0.1, 0.15) is 17.5 Å². The zero-order chi connectivity index (χ0) is 13.7. The Morgan fingerprint density at radius 1 is 1.17 bits per heavy atom. The number of hydrogen-bond acceptors (Lipinski definition) is 5. The van der Waals surface area contributed by atoms with E-state index in [9.17, 15) is 0 Å². The monoisotopic (exact) mass is 252 g/mol. The highest BCUT2D eigenvalue weighted by atomic mass is 16.3. The minimum absolute atomic E-state index is 0.162. The van der Waals surface area contributed by atoms with Crippen molar-refractivity contribution >= 4 is 11.6 Å². The molecule has 1 rings (SSSR count). The molecule has 102 valence electrons. The summed E-state index contributed by atoms with van der Waals surface area (Å²) in [5.41, 5.74) is 0. The van der Waals surface area contributed by atoms with E-state index in [2.05, 4.69) is 34.4 Å². The van der Waals surface area contributed by atoms with Crippen molar-refractivity contribution in [3.8, 4) is 0 Å². The van der Waals surface area contributed by atoms with Gasteiger partial charge in [-0.15, -0.1) is 0 Å². The third kappa shape index (κ3) is 3.84. The van der Waals surface area contributed by atoms with Crippen LogP contribution in [0.25, 0.3) is 0 Å². The number of aromatic nitrogens is 2. The smallest absolute Gasteiger partial charge is 0.135 e. The van der Waals surface area contributed by atoms with Crippen molar-refractivity contribution in [1.29, 1.82) is 0 Å². The second-order valence-corrected chi connectivity index (χ2v) is 4.99. The number of hydrogen-bond donors (Lipinski definition) is 3. The molecule has 0 bridgehead atoms. The molecular formula is C13H24N4O. The van der Waals surface area contributed by atoms with Crippen molar-refractivity contribution in [2.75, 3.05) is 24.3 Å². The van der Waals surface area contributed by atoms with E-state index in [1.165, 1.54) is 0 Å². The number of anilines is 2. The number of aliphatic hydroxyl groups excluding tert-OH is 1. The van der Waals surface area contributed by atoms with E-state index in [1.807, 2.05) is 27.0 Å². The van der Waals surface area contributed by atoms with Gasteiger partial charge in [-0.2, -0.15) is 0 Å². The average molecular weight is 252 g/mol. The summed E-state index contributed by atoms with van der Waals surface area (Å²) < 4.78 is 0. The standard InChI is InChI=1S/C13H24N4O/c1-8(2)13-16-11(14-5)6-12(17-13)15-10(4)9(3)7-18/h6,8-10,18H,7H2,1-5H3,(H2,14,15,16,17). The third-order valence-electron chi connectivity index (χ3n) is 3.03. The molecule has 3 N–H and O–H groups in total. The van der Waals surface area contributed by atoms with E-state index >= 15 is 0 Å². The van der Waals surface area contributed by atoms with E-state index in [0.29, 0.717) is 0 Å². The molecule has 1 aromatic rings. The van der Waals surface area contributed by atoms with Gasteiger partial charge in [-0.3, -0.25) is 0 Å². The van der Waals surface area contributed by atoms with E-state index in [0.717, 1.165) is 17.5 Å². The summed E-state index contributed by atoms with van der Waals surface area (Å²) in [4.78, 5) is 8.91. The second-order valence-electron chi connectivity index (χ2n) is 4.99.